The number of urea groups is 1. The van der Waals surface area contributed by atoms with Gasteiger partial charge in [0.1, 0.15) is 0 Å². The molecule has 0 saturated heterocycles. The molecule has 0 unspecified atom stereocenters. The van der Waals surface area contributed by atoms with E-state index in [1.165, 1.54) is 4.90 Å². The van der Waals surface area contributed by atoms with E-state index >= 15 is 0 Å². The normalized spacial score (nSPS) is 9.68. The molecule has 6 nitrogen and oxygen atoms in total. The average molecular weight is 332 g/mol. The van der Waals surface area contributed by atoms with Gasteiger partial charge in [0.2, 0.25) is 0 Å². The molecule has 0 aliphatic heterocycles. The van der Waals surface area contributed by atoms with Gasteiger partial charge in [-0.05, 0) is 18.4 Å². The van der Waals surface area contributed by atoms with Crippen LogP contribution in [0, 0.1) is 0 Å². The Morgan fingerprint density at radius 1 is 1.27 bits per heavy atom. The van der Waals surface area contributed by atoms with E-state index in [0.717, 1.165) is 5.56 Å². The van der Waals surface area contributed by atoms with Gasteiger partial charge in [-0.15, -0.1) is 0 Å². The SMILES string of the molecule is COCCCNC(=O)N(CCc1ccccc1)CC(=O)[O-].[K+]. The van der Waals surface area contributed by atoms with Gasteiger partial charge in [-0.3, -0.25) is 0 Å². The first-order chi connectivity index (χ1) is 10.1. The summed E-state index contributed by atoms with van der Waals surface area (Å²) in [5, 5.41) is 13.4. The molecule has 2 amide bonds. The largest absolute Gasteiger partial charge is 1.00 e. The van der Waals surface area contributed by atoms with Crippen LogP contribution in [0.15, 0.2) is 30.3 Å². The van der Waals surface area contributed by atoms with Crippen molar-refractivity contribution < 1.29 is 70.8 Å². The minimum atomic E-state index is -1.27. The summed E-state index contributed by atoms with van der Waals surface area (Å²) in [7, 11) is 1.59. The maximum absolute atomic E-state index is 11.9. The molecule has 1 aromatic rings. The number of carbonyl (C=O) groups is 2. The van der Waals surface area contributed by atoms with Crippen LogP contribution in [0.2, 0.25) is 0 Å². The standard InChI is InChI=1S/C15H22N2O4.K/c1-21-11-5-9-16-15(20)17(12-14(18)19)10-8-13-6-3-2-4-7-13;/h2-4,6-7H,5,8-12H2,1H3,(H,16,20)(H,18,19);/q;+1/p-1. The second-order valence-electron chi connectivity index (χ2n) is 4.61. The molecule has 0 fully saturated rings. The van der Waals surface area contributed by atoms with E-state index in [1.807, 2.05) is 30.3 Å². The first kappa shape index (κ1) is 21.6. The molecule has 1 aromatic carbocycles. The number of amides is 2. The minimum absolute atomic E-state index is 0. The van der Waals surface area contributed by atoms with E-state index in [4.69, 9.17) is 4.74 Å². The molecule has 1 rings (SSSR count). The average Bonchev–Trinajstić information content (AvgIpc) is 2.48. The molecule has 0 aliphatic carbocycles. The van der Waals surface area contributed by atoms with Crippen molar-refractivity contribution in [3.05, 3.63) is 35.9 Å². The topological polar surface area (TPSA) is 81.7 Å². The number of hydrogen-bond acceptors (Lipinski definition) is 4. The number of nitrogens with one attached hydrogen (secondary N) is 1. The molecule has 0 bridgehead atoms. The second kappa shape index (κ2) is 13.0. The Kier molecular flexibility index (Phi) is 12.8. The first-order valence-electron chi connectivity index (χ1n) is 6.89. The van der Waals surface area contributed by atoms with Gasteiger partial charge in [-0.1, -0.05) is 30.3 Å². The quantitative estimate of drug-likeness (QED) is 0.387. The Morgan fingerprint density at radius 2 is 1.95 bits per heavy atom. The zero-order chi connectivity index (χ0) is 15.5. The van der Waals surface area contributed by atoms with Gasteiger partial charge >= 0.3 is 57.4 Å². The third kappa shape index (κ3) is 9.55. The van der Waals surface area contributed by atoms with E-state index < -0.39 is 18.5 Å². The monoisotopic (exact) mass is 332 g/mol. The predicted octanol–water partition coefficient (Wildman–Crippen LogP) is -2.97. The zero-order valence-electron chi connectivity index (χ0n) is 13.2. The van der Waals surface area contributed by atoms with Crippen molar-refractivity contribution in [3.63, 3.8) is 0 Å². The third-order valence-electron chi connectivity index (χ3n) is 2.92. The fourth-order valence-electron chi connectivity index (χ4n) is 1.84. The Balaban J connectivity index is 0.00000441. The second-order valence-corrected chi connectivity index (χ2v) is 4.61. The molecule has 0 spiro atoms. The number of carbonyl (C=O) groups excluding carboxylic acids is 2. The third-order valence-corrected chi connectivity index (χ3v) is 2.92. The Hall–Kier alpha value is -0.444. The van der Waals surface area contributed by atoms with Gasteiger partial charge in [-0.25, -0.2) is 4.79 Å². The molecule has 0 heterocycles. The number of methoxy groups -OCH3 is 1. The summed E-state index contributed by atoms with van der Waals surface area (Å²) >= 11 is 0. The molecular formula is C15H21KN2O4. The maximum Gasteiger partial charge on any atom is 1.00 e. The Morgan fingerprint density at radius 3 is 2.55 bits per heavy atom. The molecular weight excluding hydrogens is 311 g/mol. The Bertz CT molecular complexity index is 442. The van der Waals surface area contributed by atoms with Crippen molar-refractivity contribution >= 4 is 12.0 Å². The van der Waals surface area contributed by atoms with Gasteiger partial charge in [-0.2, -0.15) is 0 Å². The fraction of sp³-hybridized carbons (Fsp3) is 0.467. The van der Waals surface area contributed by atoms with Gasteiger partial charge < -0.3 is 24.9 Å². The fourth-order valence-corrected chi connectivity index (χ4v) is 1.84. The van der Waals surface area contributed by atoms with Crippen LogP contribution >= 0.6 is 0 Å². The van der Waals surface area contributed by atoms with E-state index in [0.29, 0.717) is 32.5 Å². The van der Waals surface area contributed by atoms with E-state index in [1.54, 1.807) is 7.11 Å². The van der Waals surface area contributed by atoms with E-state index in [9.17, 15) is 14.7 Å². The minimum Gasteiger partial charge on any atom is -0.548 e. The summed E-state index contributed by atoms with van der Waals surface area (Å²) in [5.74, 6) is -1.27. The van der Waals surface area contributed by atoms with Crippen molar-refractivity contribution in [3.8, 4) is 0 Å². The molecule has 116 valence electrons. The molecule has 1 N–H and O–H groups in total. The summed E-state index contributed by atoms with van der Waals surface area (Å²) in [6, 6.07) is 9.20. The van der Waals surface area contributed by atoms with Crippen LogP contribution in [0.25, 0.3) is 0 Å². The van der Waals surface area contributed by atoms with Crippen molar-refractivity contribution in [1.82, 2.24) is 10.2 Å². The van der Waals surface area contributed by atoms with Crippen molar-refractivity contribution in [2.75, 3.05) is 33.4 Å². The van der Waals surface area contributed by atoms with E-state index in [-0.39, 0.29) is 51.4 Å². The molecule has 0 aromatic heterocycles. The predicted molar refractivity (Wildman–Crippen MR) is 76.6 cm³/mol. The summed E-state index contributed by atoms with van der Waals surface area (Å²) in [4.78, 5) is 23.9. The van der Waals surface area contributed by atoms with Crippen LogP contribution in [0.4, 0.5) is 4.79 Å². The van der Waals surface area contributed by atoms with Gasteiger partial charge in [0.05, 0.1) is 12.5 Å². The Labute approximate surface area is 173 Å². The number of benzene rings is 1. The maximum atomic E-state index is 11.9. The summed E-state index contributed by atoms with van der Waals surface area (Å²) in [6.07, 6.45) is 1.28. The van der Waals surface area contributed by atoms with E-state index in [2.05, 4.69) is 5.32 Å². The zero-order valence-corrected chi connectivity index (χ0v) is 16.3. The summed E-state index contributed by atoms with van der Waals surface area (Å²) < 4.78 is 4.88. The number of carboxylic acid groups (broad SMARTS) is 1. The molecule has 0 atom stereocenters. The molecule has 0 radical (unpaired) electrons. The smallest absolute Gasteiger partial charge is 0.548 e. The molecule has 7 heteroatoms. The van der Waals surface area contributed by atoms with Crippen LogP contribution in [0.5, 0.6) is 0 Å². The van der Waals surface area contributed by atoms with Crippen molar-refractivity contribution in [2.24, 2.45) is 0 Å². The number of aliphatic carboxylic acids is 1. The molecule has 0 aliphatic rings. The first-order valence-corrected chi connectivity index (χ1v) is 6.89. The van der Waals surface area contributed by atoms with Crippen LogP contribution in [0.3, 0.4) is 0 Å². The number of ether oxygens (including phenoxy) is 1. The number of rotatable bonds is 9. The van der Waals surface area contributed by atoms with Gasteiger partial charge in [0, 0.05) is 26.8 Å². The van der Waals surface area contributed by atoms with Crippen LogP contribution in [-0.2, 0) is 16.0 Å². The van der Waals surface area contributed by atoms with Gasteiger partial charge in [0.25, 0.3) is 0 Å². The molecule has 22 heavy (non-hydrogen) atoms. The number of carboxylic acids is 1. The van der Waals surface area contributed by atoms with Crippen molar-refractivity contribution in [1.29, 1.82) is 0 Å². The van der Waals surface area contributed by atoms with Crippen LogP contribution in [-0.4, -0.2) is 50.3 Å². The van der Waals surface area contributed by atoms with Crippen LogP contribution < -0.4 is 61.8 Å². The van der Waals surface area contributed by atoms with Gasteiger partial charge in [0.15, 0.2) is 0 Å². The molecule has 0 saturated carbocycles. The van der Waals surface area contributed by atoms with Crippen LogP contribution in [0.1, 0.15) is 12.0 Å². The summed E-state index contributed by atoms with van der Waals surface area (Å²) in [5.41, 5.74) is 1.05. The van der Waals surface area contributed by atoms with Crippen molar-refractivity contribution in [2.45, 2.75) is 12.8 Å². The number of nitrogens with zero attached hydrogens (tertiary/aromatic N) is 1. The summed E-state index contributed by atoms with van der Waals surface area (Å²) in [6.45, 7) is 0.906. The number of hydrogen-bond donors (Lipinski definition) is 1.